The number of rotatable bonds is 7. The molecule has 0 heteroatoms. The highest BCUT2D eigenvalue weighted by Crippen LogP contribution is 2.32. The van der Waals surface area contributed by atoms with E-state index in [0.29, 0.717) is 0 Å². The molecule has 0 N–H and O–H groups in total. The molecule has 0 aromatic rings. The lowest BCUT2D eigenvalue weighted by Gasteiger charge is -2.26. The summed E-state index contributed by atoms with van der Waals surface area (Å²) in [5, 5.41) is 0. The van der Waals surface area contributed by atoms with Crippen LogP contribution in [0.5, 0.6) is 0 Å². The van der Waals surface area contributed by atoms with E-state index in [1.54, 1.807) is 0 Å². The predicted octanol–water partition coefficient (Wildman–Crippen LogP) is 7.34. The van der Waals surface area contributed by atoms with Gasteiger partial charge in [-0.05, 0) is 56.3 Å². The Hall–Kier alpha value is -2.00. The maximum absolute atomic E-state index is 3.91. The molecular formula is C25H34. The van der Waals surface area contributed by atoms with E-state index in [9.17, 15) is 0 Å². The van der Waals surface area contributed by atoms with Gasteiger partial charge in [0.25, 0.3) is 0 Å². The summed E-state index contributed by atoms with van der Waals surface area (Å²) in [6.07, 6.45) is 22.4. The standard InChI is InChI=1S/C25H34/c1-6-10-24(19-20-25-17-15-23(5)16-18-25)12-9-7-8-11-22(4)14-13-21(2)3/h6-7,9-10,12-14,23,25H,2,4,15-20H2,1,3,5H3/b9-7+,10-6-,14-13-,24-12+. The molecular weight excluding hydrogens is 300 g/mol. The summed E-state index contributed by atoms with van der Waals surface area (Å²) < 4.78 is 0. The Morgan fingerprint density at radius 3 is 2.44 bits per heavy atom. The summed E-state index contributed by atoms with van der Waals surface area (Å²) in [7, 11) is 0. The number of hydrogen-bond donors (Lipinski definition) is 0. The minimum atomic E-state index is 0.803. The normalized spacial score (nSPS) is 21.6. The molecule has 134 valence electrons. The Bertz CT molecular complexity index is 602. The molecule has 0 saturated heterocycles. The molecule has 0 unspecified atom stereocenters. The van der Waals surface area contributed by atoms with Crippen LogP contribution < -0.4 is 0 Å². The Morgan fingerprint density at radius 2 is 1.80 bits per heavy atom. The fourth-order valence-electron chi connectivity index (χ4n) is 3.06. The molecule has 0 nitrogen and oxygen atoms in total. The Kier molecular flexibility index (Phi) is 10.4. The van der Waals surface area contributed by atoms with Crippen molar-refractivity contribution < 1.29 is 0 Å². The van der Waals surface area contributed by atoms with Crippen LogP contribution in [0.1, 0.15) is 59.3 Å². The summed E-state index contributed by atoms with van der Waals surface area (Å²) in [5.74, 6) is 7.91. The SMILES string of the molecule is C=C(C)/C=C\C(=C)C#C/C=C/C=C(\C=C/C)CCC1CCC(C)CC1. The molecule has 0 amide bonds. The van der Waals surface area contributed by atoms with Crippen LogP contribution in [0.25, 0.3) is 0 Å². The summed E-state index contributed by atoms with van der Waals surface area (Å²) >= 11 is 0. The molecule has 1 aliphatic rings. The van der Waals surface area contributed by atoms with Crippen LogP contribution in [-0.4, -0.2) is 0 Å². The lowest BCUT2D eigenvalue weighted by Crippen LogP contribution is -2.12. The first-order valence-electron chi connectivity index (χ1n) is 9.53. The van der Waals surface area contributed by atoms with Gasteiger partial charge in [0.05, 0.1) is 0 Å². The molecule has 0 radical (unpaired) electrons. The van der Waals surface area contributed by atoms with Gasteiger partial charge in [-0.2, -0.15) is 0 Å². The Balaban J connectivity index is 2.49. The Morgan fingerprint density at radius 1 is 1.08 bits per heavy atom. The van der Waals surface area contributed by atoms with E-state index in [1.807, 2.05) is 31.2 Å². The summed E-state index contributed by atoms with van der Waals surface area (Å²) in [6, 6.07) is 0. The van der Waals surface area contributed by atoms with Crippen molar-refractivity contribution >= 4 is 0 Å². The van der Waals surface area contributed by atoms with Crippen molar-refractivity contribution in [1.82, 2.24) is 0 Å². The van der Waals surface area contributed by atoms with Gasteiger partial charge >= 0.3 is 0 Å². The van der Waals surface area contributed by atoms with Crippen molar-refractivity contribution in [3.63, 3.8) is 0 Å². The molecule has 25 heavy (non-hydrogen) atoms. The van der Waals surface area contributed by atoms with E-state index in [2.05, 4.69) is 57.1 Å². The maximum atomic E-state index is 3.91. The van der Waals surface area contributed by atoms with Crippen molar-refractivity contribution in [3.8, 4) is 11.8 Å². The molecule has 1 fully saturated rings. The summed E-state index contributed by atoms with van der Waals surface area (Å²) in [6.45, 7) is 14.2. The quantitative estimate of drug-likeness (QED) is 0.337. The van der Waals surface area contributed by atoms with E-state index in [0.717, 1.165) is 29.4 Å². The van der Waals surface area contributed by atoms with E-state index in [-0.39, 0.29) is 0 Å². The first-order chi connectivity index (χ1) is 12.0. The highest BCUT2D eigenvalue weighted by Gasteiger charge is 2.17. The second kappa shape index (κ2) is 12.4. The van der Waals surface area contributed by atoms with Crippen molar-refractivity contribution in [2.45, 2.75) is 59.3 Å². The number of allylic oxidation sites excluding steroid dienone is 10. The van der Waals surface area contributed by atoms with Crippen molar-refractivity contribution in [3.05, 3.63) is 72.4 Å². The fraction of sp³-hybridized carbons (Fsp3) is 0.440. The number of hydrogen-bond acceptors (Lipinski definition) is 0. The predicted molar refractivity (Wildman–Crippen MR) is 113 cm³/mol. The zero-order chi connectivity index (χ0) is 18.5. The lowest BCUT2D eigenvalue weighted by molar-refractivity contribution is 0.278. The van der Waals surface area contributed by atoms with Gasteiger partial charge in [0.1, 0.15) is 0 Å². The molecule has 1 aliphatic carbocycles. The highest BCUT2D eigenvalue weighted by atomic mass is 14.2. The van der Waals surface area contributed by atoms with E-state index in [4.69, 9.17) is 0 Å². The van der Waals surface area contributed by atoms with Gasteiger partial charge in [-0.15, -0.1) is 0 Å². The highest BCUT2D eigenvalue weighted by molar-refractivity contribution is 5.40. The second-order valence-corrected chi connectivity index (χ2v) is 7.24. The van der Waals surface area contributed by atoms with Crippen molar-refractivity contribution in [1.29, 1.82) is 0 Å². The van der Waals surface area contributed by atoms with Crippen LogP contribution in [0.4, 0.5) is 0 Å². The minimum absolute atomic E-state index is 0.803. The third-order valence-corrected chi connectivity index (χ3v) is 4.65. The van der Waals surface area contributed by atoms with E-state index in [1.165, 1.54) is 37.7 Å². The minimum Gasteiger partial charge on any atom is -0.0961 e. The molecule has 0 heterocycles. The Labute approximate surface area is 155 Å². The maximum Gasteiger partial charge on any atom is 0.0177 e. The monoisotopic (exact) mass is 334 g/mol. The fourth-order valence-corrected chi connectivity index (χ4v) is 3.06. The average Bonchev–Trinajstić information content (AvgIpc) is 2.58. The van der Waals surface area contributed by atoms with E-state index < -0.39 is 0 Å². The van der Waals surface area contributed by atoms with Crippen LogP contribution in [0.2, 0.25) is 0 Å². The van der Waals surface area contributed by atoms with Gasteiger partial charge in [0, 0.05) is 5.57 Å². The third-order valence-electron chi connectivity index (χ3n) is 4.65. The lowest BCUT2D eigenvalue weighted by atomic mass is 9.80. The summed E-state index contributed by atoms with van der Waals surface area (Å²) in [5.41, 5.74) is 3.20. The summed E-state index contributed by atoms with van der Waals surface area (Å²) in [4.78, 5) is 0. The van der Waals surface area contributed by atoms with Gasteiger partial charge in [0.2, 0.25) is 0 Å². The van der Waals surface area contributed by atoms with Gasteiger partial charge in [-0.25, -0.2) is 0 Å². The van der Waals surface area contributed by atoms with Gasteiger partial charge in [0.15, 0.2) is 0 Å². The third kappa shape index (κ3) is 10.5. The zero-order valence-corrected chi connectivity index (χ0v) is 16.4. The topological polar surface area (TPSA) is 0 Å². The van der Waals surface area contributed by atoms with Gasteiger partial charge in [-0.1, -0.05) is 93.6 Å². The molecule has 1 saturated carbocycles. The molecule has 0 atom stereocenters. The van der Waals surface area contributed by atoms with Crippen LogP contribution in [0, 0.1) is 23.7 Å². The second-order valence-electron chi connectivity index (χ2n) is 7.24. The molecule has 0 spiro atoms. The van der Waals surface area contributed by atoms with Crippen molar-refractivity contribution in [2.24, 2.45) is 11.8 Å². The van der Waals surface area contributed by atoms with Crippen LogP contribution >= 0.6 is 0 Å². The molecule has 0 aliphatic heterocycles. The smallest absolute Gasteiger partial charge is 0.0177 e. The van der Waals surface area contributed by atoms with Crippen LogP contribution in [0.15, 0.2) is 72.4 Å². The first-order valence-corrected chi connectivity index (χ1v) is 9.53. The zero-order valence-electron chi connectivity index (χ0n) is 16.4. The molecule has 0 aromatic carbocycles. The van der Waals surface area contributed by atoms with Crippen LogP contribution in [-0.2, 0) is 0 Å². The molecule has 0 bridgehead atoms. The average molecular weight is 335 g/mol. The van der Waals surface area contributed by atoms with Crippen LogP contribution in [0.3, 0.4) is 0 Å². The first kappa shape index (κ1) is 21.0. The molecule has 1 rings (SSSR count). The van der Waals surface area contributed by atoms with Crippen molar-refractivity contribution in [2.75, 3.05) is 0 Å². The van der Waals surface area contributed by atoms with Gasteiger partial charge in [-0.3, -0.25) is 0 Å². The molecule has 0 aromatic heterocycles. The largest absolute Gasteiger partial charge is 0.0961 e. The van der Waals surface area contributed by atoms with Gasteiger partial charge < -0.3 is 0 Å². The van der Waals surface area contributed by atoms with E-state index >= 15 is 0 Å².